The molecule has 2 fully saturated rings. The second-order valence-electron chi connectivity index (χ2n) is 9.20. The number of hydrogen-bond acceptors (Lipinski definition) is 4. The summed E-state index contributed by atoms with van der Waals surface area (Å²) < 4.78 is 6.16. The molecule has 152 valence electrons. The van der Waals surface area contributed by atoms with Crippen LogP contribution in [-0.2, 0) is 9.53 Å². The number of aliphatic hydroxyl groups is 1. The Morgan fingerprint density at radius 1 is 1.18 bits per heavy atom. The molecule has 0 amide bonds. The Labute approximate surface area is 168 Å². The number of aliphatic hydroxyl groups excluding tert-OH is 1. The van der Waals surface area contributed by atoms with Gasteiger partial charge in [0.2, 0.25) is 0 Å². The summed E-state index contributed by atoms with van der Waals surface area (Å²) in [5.74, 6) is 1.31. The molecule has 0 aromatic heterocycles. The van der Waals surface area contributed by atoms with Crippen molar-refractivity contribution in [3.05, 3.63) is 41.2 Å². The smallest absolute Gasteiger partial charge is 0.338 e. The molecule has 1 aromatic carbocycles. The van der Waals surface area contributed by atoms with Gasteiger partial charge in [0.25, 0.3) is 0 Å². The molecule has 1 aromatic rings. The van der Waals surface area contributed by atoms with E-state index >= 15 is 0 Å². The minimum Gasteiger partial charge on any atom is -0.512 e. The van der Waals surface area contributed by atoms with Crippen molar-refractivity contribution in [2.45, 2.75) is 82.7 Å². The van der Waals surface area contributed by atoms with Crippen molar-refractivity contribution in [2.24, 2.45) is 11.8 Å². The van der Waals surface area contributed by atoms with Gasteiger partial charge in [-0.25, -0.2) is 4.79 Å². The van der Waals surface area contributed by atoms with Gasteiger partial charge in [-0.3, -0.25) is 0 Å². The SMILES string of the molecule is CCC(C1=C(O)CC(CCC2CC2)(CCC2CC2)OC1=O)c1cccc(N)c1. The van der Waals surface area contributed by atoms with Crippen molar-refractivity contribution in [3.63, 3.8) is 0 Å². The van der Waals surface area contributed by atoms with Crippen molar-refractivity contribution in [3.8, 4) is 0 Å². The summed E-state index contributed by atoms with van der Waals surface area (Å²) in [6.45, 7) is 2.03. The monoisotopic (exact) mass is 383 g/mol. The Hall–Kier alpha value is -1.97. The number of esters is 1. The molecule has 1 aliphatic heterocycles. The van der Waals surface area contributed by atoms with E-state index in [9.17, 15) is 9.90 Å². The van der Waals surface area contributed by atoms with E-state index in [4.69, 9.17) is 10.5 Å². The summed E-state index contributed by atoms with van der Waals surface area (Å²) >= 11 is 0. The Morgan fingerprint density at radius 2 is 1.82 bits per heavy atom. The Balaban J connectivity index is 1.58. The maximum Gasteiger partial charge on any atom is 0.338 e. The van der Waals surface area contributed by atoms with Crippen LogP contribution in [0.1, 0.15) is 82.6 Å². The average molecular weight is 384 g/mol. The number of ether oxygens (including phenoxy) is 1. The lowest BCUT2D eigenvalue weighted by atomic mass is 9.79. The van der Waals surface area contributed by atoms with E-state index in [1.54, 1.807) is 0 Å². The summed E-state index contributed by atoms with van der Waals surface area (Å²) in [5, 5.41) is 11.0. The fraction of sp³-hybridized carbons (Fsp3) is 0.625. The molecule has 1 heterocycles. The standard InChI is InChI=1S/C24H33NO3/c1-2-20(18-4-3-5-19(25)14-18)22-21(26)15-24(28-23(22)27,12-10-16-6-7-16)13-11-17-8-9-17/h3-5,14,16-17,20,26H,2,6-13,15,25H2,1H3. The maximum atomic E-state index is 13.1. The Morgan fingerprint density at radius 3 is 2.32 bits per heavy atom. The van der Waals surface area contributed by atoms with Gasteiger partial charge in [-0.2, -0.15) is 0 Å². The van der Waals surface area contributed by atoms with Crippen molar-refractivity contribution >= 4 is 11.7 Å². The van der Waals surface area contributed by atoms with E-state index < -0.39 is 5.60 Å². The molecule has 4 rings (SSSR count). The molecule has 4 heteroatoms. The molecule has 0 radical (unpaired) electrons. The molecule has 0 spiro atoms. The molecule has 2 saturated carbocycles. The van der Waals surface area contributed by atoms with Gasteiger partial charge in [0.05, 0.1) is 5.57 Å². The molecule has 4 nitrogen and oxygen atoms in total. The third kappa shape index (κ3) is 4.37. The molecular weight excluding hydrogens is 350 g/mol. The highest BCUT2D eigenvalue weighted by molar-refractivity contribution is 5.92. The predicted octanol–water partition coefficient (Wildman–Crippen LogP) is 5.64. The number of hydrogen-bond donors (Lipinski definition) is 2. The quantitative estimate of drug-likeness (QED) is 0.427. The van der Waals surface area contributed by atoms with E-state index in [1.807, 2.05) is 31.2 Å². The highest BCUT2D eigenvalue weighted by Gasteiger charge is 2.45. The zero-order chi connectivity index (χ0) is 19.7. The fourth-order valence-corrected chi connectivity index (χ4v) is 4.68. The van der Waals surface area contributed by atoms with Gasteiger partial charge in [0.1, 0.15) is 11.4 Å². The summed E-state index contributed by atoms with van der Waals surface area (Å²) in [6.07, 6.45) is 10.3. The van der Waals surface area contributed by atoms with E-state index in [0.717, 1.165) is 49.5 Å². The topological polar surface area (TPSA) is 72.5 Å². The second-order valence-corrected chi connectivity index (χ2v) is 9.20. The number of nitrogen functional groups attached to an aromatic ring is 1. The van der Waals surface area contributed by atoms with Crippen LogP contribution in [0.2, 0.25) is 0 Å². The number of rotatable bonds is 9. The van der Waals surface area contributed by atoms with Crippen LogP contribution < -0.4 is 5.73 Å². The third-order valence-electron chi connectivity index (χ3n) is 6.81. The normalized spacial score (nSPS) is 22.8. The molecular formula is C24H33NO3. The number of carbonyl (C=O) groups excluding carboxylic acids is 1. The van der Waals surface area contributed by atoms with E-state index in [2.05, 4.69) is 0 Å². The molecule has 1 unspecified atom stereocenters. The zero-order valence-electron chi connectivity index (χ0n) is 17.0. The van der Waals surface area contributed by atoms with Crippen LogP contribution in [0.3, 0.4) is 0 Å². The zero-order valence-corrected chi connectivity index (χ0v) is 17.0. The lowest BCUT2D eigenvalue weighted by molar-refractivity contribution is -0.161. The predicted molar refractivity (Wildman–Crippen MR) is 111 cm³/mol. The molecule has 3 aliphatic rings. The molecule has 2 aliphatic carbocycles. The van der Waals surface area contributed by atoms with Gasteiger partial charge in [0, 0.05) is 18.0 Å². The van der Waals surface area contributed by atoms with Crippen LogP contribution in [0.25, 0.3) is 0 Å². The largest absolute Gasteiger partial charge is 0.512 e. The molecule has 28 heavy (non-hydrogen) atoms. The first kappa shape index (κ1) is 19.4. The van der Waals surface area contributed by atoms with Crippen molar-refractivity contribution in [1.82, 2.24) is 0 Å². The van der Waals surface area contributed by atoms with Gasteiger partial charge in [-0.1, -0.05) is 44.7 Å². The summed E-state index contributed by atoms with van der Waals surface area (Å²) in [5.41, 5.74) is 7.50. The van der Waals surface area contributed by atoms with Crippen LogP contribution in [0.4, 0.5) is 5.69 Å². The fourth-order valence-electron chi connectivity index (χ4n) is 4.68. The minimum absolute atomic E-state index is 0.180. The second kappa shape index (κ2) is 7.81. The van der Waals surface area contributed by atoms with Gasteiger partial charge >= 0.3 is 5.97 Å². The van der Waals surface area contributed by atoms with Gasteiger partial charge in [-0.15, -0.1) is 0 Å². The van der Waals surface area contributed by atoms with E-state index in [1.165, 1.54) is 25.7 Å². The number of benzene rings is 1. The summed E-state index contributed by atoms with van der Waals surface area (Å²) in [4.78, 5) is 13.1. The van der Waals surface area contributed by atoms with Gasteiger partial charge in [0.15, 0.2) is 0 Å². The van der Waals surface area contributed by atoms with Crippen molar-refractivity contribution in [2.75, 3.05) is 5.73 Å². The van der Waals surface area contributed by atoms with Gasteiger partial charge < -0.3 is 15.6 Å². The molecule has 0 saturated heterocycles. The van der Waals surface area contributed by atoms with Crippen LogP contribution in [0.5, 0.6) is 0 Å². The highest BCUT2D eigenvalue weighted by atomic mass is 16.6. The van der Waals surface area contributed by atoms with Crippen LogP contribution in [0.15, 0.2) is 35.6 Å². The molecule has 1 atom stereocenters. The first-order valence-corrected chi connectivity index (χ1v) is 11.0. The van der Waals surface area contributed by atoms with Crippen molar-refractivity contribution < 1.29 is 14.6 Å². The number of cyclic esters (lactones) is 1. The Bertz CT molecular complexity index is 745. The summed E-state index contributed by atoms with van der Waals surface area (Å²) in [6, 6.07) is 7.60. The Kier molecular flexibility index (Phi) is 5.39. The van der Waals surface area contributed by atoms with E-state index in [0.29, 0.717) is 17.7 Å². The van der Waals surface area contributed by atoms with Crippen LogP contribution >= 0.6 is 0 Å². The first-order valence-electron chi connectivity index (χ1n) is 11.0. The summed E-state index contributed by atoms with van der Waals surface area (Å²) in [7, 11) is 0. The maximum absolute atomic E-state index is 13.1. The van der Waals surface area contributed by atoms with E-state index in [-0.39, 0.29) is 17.6 Å². The lowest BCUT2D eigenvalue weighted by Crippen LogP contribution is -2.41. The number of anilines is 1. The van der Waals surface area contributed by atoms with Crippen LogP contribution in [0, 0.1) is 11.8 Å². The lowest BCUT2D eigenvalue weighted by Gasteiger charge is -2.39. The average Bonchev–Trinajstić information content (AvgIpc) is 3.55. The van der Waals surface area contributed by atoms with Crippen molar-refractivity contribution in [1.29, 1.82) is 0 Å². The van der Waals surface area contributed by atoms with Gasteiger partial charge in [-0.05, 0) is 61.6 Å². The number of nitrogens with two attached hydrogens (primary N) is 1. The van der Waals surface area contributed by atoms with Crippen LogP contribution in [-0.4, -0.2) is 16.7 Å². The highest BCUT2D eigenvalue weighted by Crippen LogP contribution is 2.46. The third-order valence-corrected chi connectivity index (χ3v) is 6.81. The first-order chi connectivity index (χ1) is 13.5. The minimum atomic E-state index is -0.510. The molecule has 3 N–H and O–H groups in total. The number of carbonyl (C=O) groups is 1. The molecule has 0 bridgehead atoms.